The summed E-state index contributed by atoms with van der Waals surface area (Å²) >= 11 is 0. The molecule has 0 unspecified atom stereocenters. The SMILES string of the molecule is COc1cnc2c(C(=O)Nc3cc(F)c4nc(C)cn4c3)ccc(N3C[C@@H](C)N[C@H](C)C3)c2n1. The number of carbonyl (C=O) groups is 1. The summed E-state index contributed by atoms with van der Waals surface area (Å²) in [5, 5.41) is 6.31. The van der Waals surface area contributed by atoms with Gasteiger partial charge in [0.2, 0.25) is 5.88 Å². The van der Waals surface area contributed by atoms with Crippen molar-refractivity contribution in [3.63, 3.8) is 0 Å². The van der Waals surface area contributed by atoms with E-state index in [0.29, 0.717) is 45.9 Å². The van der Waals surface area contributed by atoms with Crippen LogP contribution >= 0.6 is 0 Å². The van der Waals surface area contributed by atoms with Crippen molar-refractivity contribution in [3.05, 3.63) is 53.9 Å². The number of nitrogens with one attached hydrogen (secondary N) is 2. The zero-order chi connectivity index (χ0) is 24.0. The van der Waals surface area contributed by atoms with Crippen LogP contribution in [0.2, 0.25) is 0 Å². The van der Waals surface area contributed by atoms with Gasteiger partial charge in [-0.25, -0.2) is 19.3 Å². The largest absolute Gasteiger partial charge is 0.480 e. The van der Waals surface area contributed by atoms with Crippen molar-refractivity contribution >= 4 is 34.0 Å². The lowest BCUT2D eigenvalue weighted by Gasteiger charge is -2.38. The molecule has 2 atom stereocenters. The molecule has 0 aliphatic carbocycles. The second-order valence-electron chi connectivity index (χ2n) is 8.76. The number of halogens is 1. The van der Waals surface area contributed by atoms with Crippen molar-refractivity contribution in [3.8, 4) is 5.88 Å². The monoisotopic (exact) mass is 463 g/mol. The Labute approximate surface area is 196 Å². The maximum absolute atomic E-state index is 14.5. The van der Waals surface area contributed by atoms with Gasteiger partial charge in [-0.15, -0.1) is 0 Å². The molecular weight excluding hydrogens is 437 g/mol. The highest BCUT2D eigenvalue weighted by molar-refractivity contribution is 6.13. The van der Waals surface area contributed by atoms with E-state index in [0.717, 1.165) is 18.8 Å². The van der Waals surface area contributed by atoms with E-state index in [9.17, 15) is 9.18 Å². The third-order valence-corrected chi connectivity index (χ3v) is 5.89. The van der Waals surface area contributed by atoms with Gasteiger partial charge in [0.15, 0.2) is 11.5 Å². The number of hydrogen-bond donors (Lipinski definition) is 2. The average molecular weight is 464 g/mol. The van der Waals surface area contributed by atoms with E-state index < -0.39 is 11.7 Å². The first-order valence-electron chi connectivity index (χ1n) is 11.1. The van der Waals surface area contributed by atoms with Gasteiger partial charge in [-0.3, -0.25) is 4.79 Å². The summed E-state index contributed by atoms with van der Waals surface area (Å²) in [6.07, 6.45) is 4.82. The minimum Gasteiger partial charge on any atom is -0.480 e. The molecule has 1 saturated heterocycles. The van der Waals surface area contributed by atoms with Gasteiger partial charge in [0, 0.05) is 43.6 Å². The molecule has 34 heavy (non-hydrogen) atoms. The summed E-state index contributed by atoms with van der Waals surface area (Å²) in [6, 6.07) is 5.49. The van der Waals surface area contributed by atoms with Crippen LogP contribution in [-0.2, 0) is 0 Å². The van der Waals surface area contributed by atoms with Crippen molar-refractivity contribution in [1.82, 2.24) is 24.7 Å². The summed E-state index contributed by atoms with van der Waals surface area (Å²) in [7, 11) is 1.53. The summed E-state index contributed by atoms with van der Waals surface area (Å²) in [5.74, 6) is -0.559. The molecule has 2 N–H and O–H groups in total. The van der Waals surface area contributed by atoms with E-state index in [1.54, 1.807) is 29.8 Å². The number of aromatic nitrogens is 4. The van der Waals surface area contributed by atoms with Crippen LogP contribution in [0.15, 0.2) is 36.8 Å². The van der Waals surface area contributed by atoms with E-state index in [4.69, 9.17) is 4.74 Å². The third kappa shape index (κ3) is 4.01. The number of hydrogen-bond acceptors (Lipinski definition) is 7. The first-order valence-corrected chi connectivity index (χ1v) is 11.1. The van der Waals surface area contributed by atoms with Crippen LogP contribution in [0.25, 0.3) is 16.7 Å². The molecule has 3 aromatic heterocycles. The van der Waals surface area contributed by atoms with E-state index in [-0.39, 0.29) is 5.65 Å². The van der Waals surface area contributed by atoms with Crippen LogP contribution in [0.4, 0.5) is 15.8 Å². The molecule has 0 spiro atoms. The zero-order valence-corrected chi connectivity index (χ0v) is 19.5. The molecule has 1 amide bonds. The molecule has 9 nitrogen and oxygen atoms in total. The fraction of sp³-hybridized carbons (Fsp3) is 0.333. The lowest BCUT2D eigenvalue weighted by Crippen LogP contribution is -2.54. The van der Waals surface area contributed by atoms with E-state index in [1.165, 1.54) is 19.4 Å². The van der Waals surface area contributed by atoms with Gasteiger partial charge < -0.3 is 24.7 Å². The van der Waals surface area contributed by atoms with E-state index >= 15 is 0 Å². The molecule has 1 aliphatic heterocycles. The lowest BCUT2D eigenvalue weighted by molar-refractivity contribution is 0.102. The first-order chi connectivity index (χ1) is 16.3. The minimum atomic E-state index is -0.516. The Morgan fingerprint density at radius 2 is 1.94 bits per heavy atom. The van der Waals surface area contributed by atoms with E-state index in [1.807, 2.05) is 6.07 Å². The van der Waals surface area contributed by atoms with Gasteiger partial charge in [-0.2, -0.15) is 0 Å². The number of aryl methyl sites for hydroxylation is 1. The van der Waals surface area contributed by atoms with Crippen molar-refractivity contribution in [2.45, 2.75) is 32.9 Å². The molecule has 5 rings (SSSR count). The standard InChI is InChI=1S/C24H26FN7O2/c1-13-9-31(10-14(2)27-13)19-6-5-17(21-22(19)30-20(34-4)8-26-21)24(33)29-16-7-18(25)23-28-15(3)11-32(23)12-16/h5-8,11-14,27H,9-10H2,1-4H3,(H,29,33)/t13-,14-/m1/s1. The number of piperazine rings is 1. The van der Waals surface area contributed by atoms with Gasteiger partial charge in [0.1, 0.15) is 11.0 Å². The molecule has 1 fully saturated rings. The first kappa shape index (κ1) is 22.0. The molecule has 0 bridgehead atoms. The third-order valence-electron chi connectivity index (χ3n) is 5.89. The number of rotatable bonds is 4. The number of ether oxygens (including phenoxy) is 1. The number of imidazole rings is 1. The summed E-state index contributed by atoms with van der Waals surface area (Å²) in [6.45, 7) is 7.65. The van der Waals surface area contributed by atoms with Crippen molar-refractivity contribution < 1.29 is 13.9 Å². The maximum atomic E-state index is 14.5. The van der Waals surface area contributed by atoms with Crippen LogP contribution in [-0.4, -0.2) is 57.5 Å². The number of methoxy groups -OCH3 is 1. The highest BCUT2D eigenvalue weighted by atomic mass is 19.1. The molecule has 0 radical (unpaired) electrons. The van der Waals surface area contributed by atoms with Gasteiger partial charge in [-0.05, 0) is 32.9 Å². The molecular formula is C24H26FN7O2. The Morgan fingerprint density at radius 3 is 2.68 bits per heavy atom. The molecule has 1 aliphatic rings. The smallest absolute Gasteiger partial charge is 0.257 e. The summed E-state index contributed by atoms with van der Waals surface area (Å²) in [5.41, 5.74) is 3.48. The van der Waals surface area contributed by atoms with Gasteiger partial charge in [0.25, 0.3) is 5.91 Å². The number of fused-ring (bicyclic) bond motifs is 2. The molecule has 0 saturated carbocycles. The number of carbonyl (C=O) groups excluding carboxylic acids is 1. The molecule has 4 aromatic rings. The number of benzene rings is 1. The lowest BCUT2D eigenvalue weighted by atomic mass is 10.1. The van der Waals surface area contributed by atoms with E-state index in [2.05, 4.69) is 44.3 Å². The van der Waals surface area contributed by atoms with Crippen LogP contribution in [0.5, 0.6) is 5.88 Å². The highest BCUT2D eigenvalue weighted by Gasteiger charge is 2.25. The number of anilines is 2. The molecule has 4 heterocycles. The van der Waals surface area contributed by atoms with Crippen molar-refractivity contribution in [2.75, 3.05) is 30.4 Å². The predicted molar refractivity (Wildman–Crippen MR) is 128 cm³/mol. The van der Waals surface area contributed by atoms with Gasteiger partial charge >= 0.3 is 0 Å². The van der Waals surface area contributed by atoms with Crippen molar-refractivity contribution in [1.29, 1.82) is 0 Å². The van der Waals surface area contributed by atoms with Crippen LogP contribution in [0, 0.1) is 12.7 Å². The quantitative estimate of drug-likeness (QED) is 0.480. The normalized spacial score (nSPS) is 18.4. The van der Waals surface area contributed by atoms with Gasteiger partial charge in [0.05, 0.1) is 35.9 Å². The number of nitrogens with zero attached hydrogens (tertiary/aromatic N) is 5. The number of pyridine rings is 1. The fourth-order valence-electron chi connectivity index (χ4n) is 4.58. The van der Waals surface area contributed by atoms with Crippen LogP contribution in [0.3, 0.4) is 0 Å². The zero-order valence-electron chi connectivity index (χ0n) is 19.5. The second-order valence-corrected chi connectivity index (χ2v) is 8.76. The minimum absolute atomic E-state index is 0.211. The molecule has 1 aromatic carbocycles. The highest BCUT2D eigenvalue weighted by Crippen LogP contribution is 2.30. The Hall–Kier alpha value is -3.79. The Bertz CT molecular complexity index is 1390. The van der Waals surface area contributed by atoms with Crippen LogP contribution < -0.4 is 20.3 Å². The Balaban J connectivity index is 1.54. The maximum Gasteiger partial charge on any atom is 0.257 e. The number of amides is 1. The fourth-order valence-corrected chi connectivity index (χ4v) is 4.58. The predicted octanol–water partition coefficient (Wildman–Crippen LogP) is 3.17. The molecule has 176 valence electrons. The Kier molecular flexibility index (Phi) is 5.52. The van der Waals surface area contributed by atoms with Gasteiger partial charge in [-0.1, -0.05) is 0 Å². The summed E-state index contributed by atoms with van der Waals surface area (Å²) in [4.78, 5) is 28.8. The van der Waals surface area contributed by atoms with Crippen LogP contribution in [0.1, 0.15) is 29.9 Å². The van der Waals surface area contributed by atoms with Crippen molar-refractivity contribution in [2.24, 2.45) is 0 Å². The average Bonchev–Trinajstić information content (AvgIpc) is 3.18. The second kappa shape index (κ2) is 8.53. The molecule has 10 heteroatoms. The Morgan fingerprint density at radius 1 is 1.18 bits per heavy atom. The summed E-state index contributed by atoms with van der Waals surface area (Å²) < 4.78 is 21.3. The topological polar surface area (TPSA) is 96.7 Å².